The number of ketones is 1. The Hall–Kier alpha value is -2.41. The van der Waals surface area contributed by atoms with E-state index in [0.29, 0.717) is 29.2 Å². The van der Waals surface area contributed by atoms with Crippen LogP contribution in [0.15, 0.2) is 35.2 Å². The van der Waals surface area contributed by atoms with Gasteiger partial charge in [0.05, 0.1) is 11.5 Å². The van der Waals surface area contributed by atoms with E-state index in [4.69, 9.17) is 16.0 Å². The number of hydrogen-bond acceptors (Lipinski definition) is 6. The smallest absolute Gasteiger partial charge is 0.228 e. The molecule has 22 heavy (non-hydrogen) atoms. The number of fused-ring (bicyclic) bond motifs is 1. The fourth-order valence-corrected chi connectivity index (χ4v) is 3.93. The van der Waals surface area contributed by atoms with Crippen molar-refractivity contribution in [1.29, 1.82) is 5.41 Å². The van der Waals surface area contributed by atoms with Crippen LogP contribution in [0.4, 0.5) is 0 Å². The molecule has 0 saturated heterocycles. The number of allylic oxidation sites excluding steroid dienone is 2. The molecule has 0 spiro atoms. The number of aromatic nitrogens is 2. The molecule has 2 aromatic heterocycles. The standard InChI is InChI=1S/C15H14N4O2S/c16-14-13-12(10-5-2-6-22-10)11-8(20)3-1-4-9(11)21-15(13)18-7-19(14)17/h2,5-7,12,16H,1,3-4,17H2. The third-order valence-electron chi connectivity index (χ3n) is 4.08. The molecule has 0 amide bonds. The zero-order chi connectivity index (χ0) is 15.3. The number of ether oxygens (including phenoxy) is 1. The Bertz CT molecular complexity index is 851. The van der Waals surface area contributed by atoms with E-state index in [9.17, 15) is 4.79 Å². The van der Waals surface area contributed by atoms with E-state index < -0.39 is 0 Å². The fourth-order valence-electron chi connectivity index (χ4n) is 3.09. The molecule has 1 unspecified atom stereocenters. The SMILES string of the molecule is N=c1c2c(ncn1N)OC1=C(C(=O)CCC1)C2c1cccs1. The summed E-state index contributed by atoms with van der Waals surface area (Å²) in [5.41, 5.74) is 1.36. The average molecular weight is 314 g/mol. The molecule has 0 bridgehead atoms. The van der Waals surface area contributed by atoms with Crippen LogP contribution < -0.4 is 16.1 Å². The van der Waals surface area contributed by atoms with Crippen LogP contribution in [0, 0.1) is 5.41 Å². The minimum Gasteiger partial charge on any atom is -0.442 e. The molecule has 0 radical (unpaired) electrons. The number of Topliss-reactive ketones (excluding diaryl/α,β-unsaturated/α-hetero) is 1. The molecule has 2 aromatic rings. The number of nitrogens with two attached hydrogens (primary N) is 1. The van der Waals surface area contributed by atoms with E-state index >= 15 is 0 Å². The van der Waals surface area contributed by atoms with E-state index in [0.717, 1.165) is 22.4 Å². The Kier molecular flexibility index (Phi) is 2.90. The number of nitrogens with zero attached hydrogens (tertiary/aromatic N) is 2. The molecule has 3 N–H and O–H groups in total. The Balaban J connectivity index is 2.02. The lowest BCUT2D eigenvalue weighted by Crippen LogP contribution is -2.36. The van der Waals surface area contributed by atoms with Crippen molar-refractivity contribution in [3.63, 3.8) is 0 Å². The first-order valence-corrected chi connectivity index (χ1v) is 7.93. The van der Waals surface area contributed by atoms with Gasteiger partial charge >= 0.3 is 0 Å². The maximum absolute atomic E-state index is 12.5. The third-order valence-corrected chi connectivity index (χ3v) is 5.01. The van der Waals surface area contributed by atoms with Crippen LogP contribution in [0.25, 0.3) is 0 Å². The topological polar surface area (TPSA) is 94.0 Å². The van der Waals surface area contributed by atoms with E-state index in [-0.39, 0.29) is 17.2 Å². The summed E-state index contributed by atoms with van der Waals surface area (Å²) in [6.07, 6.45) is 3.41. The highest BCUT2D eigenvalue weighted by atomic mass is 32.1. The van der Waals surface area contributed by atoms with Crippen LogP contribution in [0.2, 0.25) is 0 Å². The second-order valence-electron chi connectivity index (χ2n) is 5.38. The van der Waals surface area contributed by atoms with Gasteiger partial charge in [-0.25, -0.2) is 9.66 Å². The number of rotatable bonds is 1. The van der Waals surface area contributed by atoms with Crippen LogP contribution in [-0.4, -0.2) is 15.4 Å². The predicted molar refractivity (Wildman–Crippen MR) is 80.9 cm³/mol. The molecule has 3 heterocycles. The van der Waals surface area contributed by atoms with Crippen LogP contribution in [0.5, 0.6) is 5.88 Å². The minimum absolute atomic E-state index is 0.0946. The first-order valence-electron chi connectivity index (χ1n) is 7.05. The third kappa shape index (κ3) is 1.82. The van der Waals surface area contributed by atoms with Crippen molar-refractivity contribution in [3.05, 3.63) is 51.1 Å². The van der Waals surface area contributed by atoms with Gasteiger partial charge in [0.1, 0.15) is 12.1 Å². The summed E-state index contributed by atoms with van der Waals surface area (Å²) >= 11 is 1.56. The summed E-state index contributed by atoms with van der Waals surface area (Å²) in [6.45, 7) is 0. The Morgan fingerprint density at radius 3 is 3.09 bits per heavy atom. The number of nitrogen functional groups attached to an aromatic ring is 1. The van der Waals surface area contributed by atoms with Crippen LogP contribution in [-0.2, 0) is 4.79 Å². The first-order chi connectivity index (χ1) is 10.7. The Morgan fingerprint density at radius 1 is 1.45 bits per heavy atom. The second kappa shape index (κ2) is 4.81. The van der Waals surface area contributed by atoms with Crippen molar-refractivity contribution < 1.29 is 9.53 Å². The largest absolute Gasteiger partial charge is 0.442 e. The molecule has 0 aromatic carbocycles. The first kappa shape index (κ1) is 13.3. The molecule has 2 aliphatic rings. The van der Waals surface area contributed by atoms with Gasteiger partial charge in [0.25, 0.3) is 0 Å². The molecular formula is C15H14N4O2S. The lowest BCUT2D eigenvalue weighted by Gasteiger charge is -2.31. The van der Waals surface area contributed by atoms with Crippen LogP contribution in [0.1, 0.15) is 35.6 Å². The molecule has 112 valence electrons. The van der Waals surface area contributed by atoms with Crippen molar-refractivity contribution in [2.24, 2.45) is 0 Å². The fraction of sp³-hybridized carbons (Fsp3) is 0.267. The van der Waals surface area contributed by atoms with Crippen LogP contribution >= 0.6 is 11.3 Å². The molecule has 1 aliphatic carbocycles. The summed E-state index contributed by atoms with van der Waals surface area (Å²) in [5.74, 6) is 6.65. The number of nitrogens with one attached hydrogen (secondary N) is 1. The van der Waals surface area contributed by atoms with Gasteiger partial charge in [0.2, 0.25) is 5.88 Å². The van der Waals surface area contributed by atoms with Gasteiger partial charge in [-0.05, 0) is 17.9 Å². The quantitative estimate of drug-likeness (QED) is 0.783. The van der Waals surface area contributed by atoms with Crippen molar-refractivity contribution in [3.8, 4) is 5.88 Å². The lowest BCUT2D eigenvalue weighted by atomic mass is 9.81. The van der Waals surface area contributed by atoms with Gasteiger partial charge in [-0.2, -0.15) is 0 Å². The molecule has 1 aliphatic heterocycles. The summed E-state index contributed by atoms with van der Waals surface area (Å²) in [7, 11) is 0. The maximum atomic E-state index is 12.5. The minimum atomic E-state index is -0.303. The monoisotopic (exact) mass is 314 g/mol. The summed E-state index contributed by atoms with van der Waals surface area (Å²) < 4.78 is 6.99. The Labute approximate surface area is 130 Å². The van der Waals surface area contributed by atoms with Gasteiger partial charge in [0.15, 0.2) is 11.3 Å². The van der Waals surface area contributed by atoms with E-state index in [2.05, 4.69) is 4.98 Å². The van der Waals surface area contributed by atoms with Crippen molar-refractivity contribution in [2.45, 2.75) is 25.2 Å². The zero-order valence-corrected chi connectivity index (χ0v) is 12.5. The normalized spacial score (nSPS) is 20.4. The second-order valence-corrected chi connectivity index (χ2v) is 6.36. The number of carbonyl (C=O) groups is 1. The van der Waals surface area contributed by atoms with E-state index in [1.165, 1.54) is 6.33 Å². The van der Waals surface area contributed by atoms with Crippen molar-refractivity contribution in [2.75, 3.05) is 5.84 Å². The Morgan fingerprint density at radius 2 is 2.32 bits per heavy atom. The zero-order valence-electron chi connectivity index (χ0n) is 11.7. The summed E-state index contributed by atoms with van der Waals surface area (Å²) in [5, 5.41) is 10.2. The van der Waals surface area contributed by atoms with Crippen LogP contribution in [0.3, 0.4) is 0 Å². The summed E-state index contributed by atoms with van der Waals surface area (Å²) in [6, 6.07) is 3.92. The van der Waals surface area contributed by atoms with Gasteiger partial charge in [-0.15, -0.1) is 11.3 Å². The highest BCUT2D eigenvalue weighted by Crippen LogP contribution is 2.45. The van der Waals surface area contributed by atoms with Gasteiger partial charge in [-0.3, -0.25) is 10.2 Å². The van der Waals surface area contributed by atoms with Crippen molar-refractivity contribution in [1.82, 2.24) is 9.66 Å². The number of carbonyl (C=O) groups excluding carboxylic acids is 1. The molecular weight excluding hydrogens is 300 g/mol. The molecule has 7 heteroatoms. The molecule has 0 fully saturated rings. The highest BCUT2D eigenvalue weighted by Gasteiger charge is 2.39. The predicted octanol–water partition coefficient (Wildman–Crippen LogP) is 1.67. The van der Waals surface area contributed by atoms with E-state index in [1.54, 1.807) is 11.3 Å². The van der Waals surface area contributed by atoms with Gasteiger partial charge in [0, 0.05) is 23.3 Å². The average Bonchev–Trinajstić information content (AvgIpc) is 3.03. The van der Waals surface area contributed by atoms with Crippen molar-refractivity contribution >= 4 is 17.1 Å². The molecule has 0 saturated carbocycles. The highest BCUT2D eigenvalue weighted by molar-refractivity contribution is 7.10. The van der Waals surface area contributed by atoms with Gasteiger partial charge < -0.3 is 10.6 Å². The van der Waals surface area contributed by atoms with Gasteiger partial charge in [-0.1, -0.05) is 6.07 Å². The molecule has 1 atom stereocenters. The number of hydrogen-bond donors (Lipinski definition) is 2. The molecule has 4 rings (SSSR count). The maximum Gasteiger partial charge on any atom is 0.228 e. The lowest BCUT2D eigenvalue weighted by molar-refractivity contribution is -0.116. The van der Waals surface area contributed by atoms with E-state index in [1.807, 2.05) is 17.5 Å². The number of thiophene rings is 1. The summed E-state index contributed by atoms with van der Waals surface area (Å²) in [4.78, 5) is 17.7. The molecule has 6 nitrogen and oxygen atoms in total.